The summed E-state index contributed by atoms with van der Waals surface area (Å²) in [5.41, 5.74) is 6.54. The standard InChI is InChI=1S/C13H11ClFN3OS/c14-10-5-9(2-3-11(10)15)18-12(19)7-20-13-4-1-8(16)6-17-13/h1-6H,7,16H2,(H,18,19). The molecule has 0 aliphatic heterocycles. The maximum Gasteiger partial charge on any atom is 0.234 e. The number of halogens is 2. The molecule has 7 heteroatoms. The van der Waals surface area contributed by atoms with Crippen LogP contribution in [0, 0.1) is 5.82 Å². The third-order valence-electron chi connectivity index (χ3n) is 2.31. The first kappa shape index (κ1) is 14.6. The normalized spacial score (nSPS) is 10.3. The SMILES string of the molecule is Nc1ccc(SCC(=O)Nc2ccc(F)c(Cl)c2)nc1. The molecule has 2 rings (SSSR count). The molecule has 20 heavy (non-hydrogen) atoms. The summed E-state index contributed by atoms with van der Waals surface area (Å²) >= 11 is 6.91. The number of nitrogens with zero attached hydrogens (tertiary/aromatic N) is 1. The van der Waals surface area contributed by atoms with Crippen LogP contribution in [0.1, 0.15) is 0 Å². The number of carbonyl (C=O) groups excluding carboxylic acids is 1. The Morgan fingerprint density at radius 2 is 2.20 bits per heavy atom. The number of hydrogen-bond donors (Lipinski definition) is 2. The van der Waals surface area contributed by atoms with Crippen molar-refractivity contribution in [1.29, 1.82) is 0 Å². The minimum Gasteiger partial charge on any atom is -0.397 e. The molecule has 1 heterocycles. The number of nitrogens with two attached hydrogens (primary N) is 1. The zero-order valence-electron chi connectivity index (χ0n) is 10.3. The van der Waals surface area contributed by atoms with Gasteiger partial charge >= 0.3 is 0 Å². The van der Waals surface area contributed by atoms with Gasteiger partial charge in [-0.3, -0.25) is 4.79 Å². The lowest BCUT2D eigenvalue weighted by Gasteiger charge is -2.05. The van der Waals surface area contributed by atoms with Crippen LogP contribution < -0.4 is 11.1 Å². The van der Waals surface area contributed by atoms with Crippen molar-refractivity contribution in [2.75, 3.05) is 16.8 Å². The van der Waals surface area contributed by atoms with Crippen LogP contribution in [-0.2, 0) is 4.79 Å². The van der Waals surface area contributed by atoms with Crippen LogP contribution in [0.2, 0.25) is 5.02 Å². The van der Waals surface area contributed by atoms with Crippen molar-refractivity contribution in [3.63, 3.8) is 0 Å². The Morgan fingerprint density at radius 1 is 1.40 bits per heavy atom. The second-order valence-electron chi connectivity index (χ2n) is 3.90. The van der Waals surface area contributed by atoms with Crippen molar-refractivity contribution in [2.45, 2.75) is 5.03 Å². The minimum atomic E-state index is -0.523. The van der Waals surface area contributed by atoms with E-state index in [0.29, 0.717) is 16.4 Å². The van der Waals surface area contributed by atoms with E-state index in [-0.39, 0.29) is 16.7 Å². The van der Waals surface area contributed by atoms with Crippen LogP contribution in [0.4, 0.5) is 15.8 Å². The quantitative estimate of drug-likeness (QED) is 0.851. The maximum atomic E-state index is 13.0. The van der Waals surface area contributed by atoms with Crippen LogP contribution in [0.15, 0.2) is 41.6 Å². The highest BCUT2D eigenvalue weighted by molar-refractivity contribution is 7.99. The number of rotatable bonds is 4. The number of anilines is 2. The highest BCUT2D eigenvalue weighted by atomic mass is 35.5. The van der Waals surface area contributed by atoms with Crippen molar-refractivity contribution < 1.29 is 9.18 Å². The Labute approximate surface area is 124 Å². The topological polar surface area (TPSA) is 68.0 Å². The molecule has 0 radical (unpaired) electrons. The molecule has 0 spiro atoms. The molecule has 0 atom stereocenters. The molecule has 1 aromatic heterocycles. The molecule has 1 amide bonds. The highest BCUT2D eigenvalue weighted by Gasteiger charge is 2.06. The first-order chi connectivity index (χ1) is 9.54. The number of nitrogens with one attached hydrogen (secondary N) is 1. The fourth-order valence-electron chi connectivity index (χ4n) is 1.39. The number of pyridine rings is 1. The molecule has 4 nitrogen and oxygen atoms in total. The van der Waals surface area contributed by atoms with Gasteiger partial charge in [0.1, 0.15) is 5.82 Å². The first-order valence-corrected chi connectivity index (χ1v) is 7.00. The van der Waals surface area contributed by atoms with Gasteiger partial charge in [-0.25, -0.2) is 9.37 Å². The van der Waals surface area contributed by atoms with Crippen molar-refractivity contribution >= 4 is 40.6 Å². The summed E-state index contributed by atoms with van der Waals surface area (Å²) in [4.78, 5) is 15.8. The van der Waals surface area contributed by atoms with Gasteiger partial charge in [-0.1, -0.05) is 23.4 Å². The zero-order valence-corrected chi connectivity index (χ0v) is 11.8. The zero-order chi connectivity index (χ0) is 14.5. The average Bonchev–Trinajstić information content (AvgIpc) is 2.42. The molecule has 0 aliphatic rings. The summed E-state index contributed by atoms with van der Waals surface area (Å²) in [6, 6.07) is 7.47. The largest absolute Gasteiger partial charge is 0.397 e. The van der Waals surface area contributed by atoms with Crippen molar-refractivity contribution in [1.82, 2.24) is 4.98 Å². The second-order valence-corrected chi connectivity index (χ2v) is 5.30. The van der Waals surface area contributed by atoms with Gasteiger partial charge < -0.3 is 11.1 Å². The number of aromatic nitrogens is 1. The number of hydrogen-bond acceptors (Lipinski definition) is 4. The molecule has 0 aliphatic carbocycles. The fourth-order valence-corrected chi connectivity index (χ4v) is 2.21. The molecular weight excluding hydrogens is 301 g/mol. The Morgan fingerprint density at radius 3 is 2.85 bits per heavy atom. The van der Waals surface area contributed by atoms with Crippen LogP contribution in [-0.4, -0.2) is 16.6 Å². The van der Waals surface area contributed by atoms with Gasteiger partial charge in [0.15, 0.2) is 0 Å². The lowest BCUT2D eigenvalue weighted by molar-refractivity contribution is -0.113. The molecule has 0 unspecified atom stereocenters. The van der Waals surface area contributed by atoms with E-state index in [9.17, 15) is 9.18 Å². The molecule has 0 saturated carbocycles. The van der Waals surface area contributed by atoms with Crippen LogP contribution in [0.3, 0.4) is 0 Å². The maximum absolute atomic E-state index is 13.0. The van der Waals surface area contributed by atoms with E-state index >= 15 is 0 Å². The molecule has 3 N–H and O–H groups in total. The summed E-state index contributed by atoms with van der Waals surface area (Å²) in [7, 11) is 0. The number of carbonyl (C=O) groups is 1. The number of thioether (sulfide) groups is 1. The van der Waals surface area contributed by atoms with E-state index in [4.69, 9.17) is 17.3 Å². The van der Waals surface area contributed by atoms with Crippen LogP contribution in [0.5, 0.6) is 0 Å². The Hall–Kier alpha value is -1.79. The van der Waals surface area contributed by atoms with Crippen LogP contribution >= 0.6 is 23.4 Å². The van der Waals surface area contributed by atoms with Gasteiger partial charge in [0.2, 0.25) is 5.91 Å². The van der Waals surface area contributed by atoms with E-state index < -0.39 is 5.82 Å². The van der Waals surface area contributed by atoms with E-state index in [1.165, 1.54) is 36.2 Å². The number of amides is 1. The fraction of sp³-hybridized carbons (Fsp3) is 0.0769. The van der Waals surface area contributed by atoms with E-state index in [1.54, 1.807) is 12.1 Å². The molecule has 0 bridgehead atoms. The van der Waals surface area contributed by atoms with Gasteiger partial charge in [-0.2, -0.15) is 0 Å². The molecule has 2 aromatic rings. The molecule has 0 fully saturated rings. The van der Waals surface area contributed by atoms with Gasteiger partial charge in [0.25, 0.3) is 0 Å². The lowest BCUT2D eigenvalue weighted by Crippen LogP contribution is -2.14. The Bertz CT molecular complexity index is 622. The predicted molar refractivity (Wildman–Crippen MR) is 79.4 cm³/mol. The summed E-state index contributed by atoms with van der Waals surface area (Å²) in [5.74, 6) is -0.562. The van der Waals surface area contributed by atoms with Crippen molar-refractivity contribution in [2.24, 2.45) is 0 Å². The second kappa shape index (κ2) is 6.58. The summed E-state index contributed by atoms with van der Waals surface area (Å²) in [6.45, 7) is 0. The molecule has 104 valence electrons. The van der Waals surface area contributed by atoms with Crippen molar-refractivity contribution in [3.05, 3.63) is 47.4 Å². The minimum absolute atomic E-state index is 0.0318. The van der Waals surface area contributed by atoms with E-state index in [1.807, 2.05) is 0 Å². The monoisotopic (exact) mass is 311 g/mol. The van der Waals surface area contributed by atoms with E-state index in [2.05, 4.69) is 10.3 Å². The molecular formula is C13H11ClFN3OS. The van der Waals surface area contributed by atoms with Gasteiger partial charge in [-0.15, -0.1) is 0 Å². The third-order valence-corrected chi connectivity index (χ3v) is 3.55. The first-order valence-electron chi connectivity index (χ1n) is 5.64. The summed E-state index contributed by atoms with van der Waals surface area (Å²) < 4.78 is 13.0. The third kappa shape index (κ3) is 4.11. The van der Waals surface area contributed by atoms with Gasteiger partial charge in [0.05, 0.1) is 27.7 Å². The average molecular weight is 312 g/mol. The summed E-state index contributed by atoms with van der Waals surface area (Å²) in [5, 5.41) is 3.30. The van der Waals surface area contributed by atoms with Gasteiger partial charge in [0, 0.05) is 5.69 Å². The highest BCUT2D eigenvalue weighted by Crippen LogP contribution is 2.20. The Kier molecular flexibility index (Phi) is 4.81. The van der Waals surface area contributed by atoms with Crippen LogP contribution in [0.25, 0.3) is 0 Å². The van der Waals surface area contributed by atoms with Crippen molar-refractivity contribution in [3.8, 4) is 0 Å². The Balaban J connectivity index is 1.89. The molecule has 1 aromatic carbocycles. The van der Waals surface area contributed by atoms with E-state index in [0.717, 1.165) is 0 Å². The van der Waals surface area contributed by atoms with Gasteiger partial charge in [-0.05, 0) is 30.3 Å². The lowest BCUT2D eigenvalue weighted by atomic mass is 10.3. The predicted octanol–water partition coefficient (Wildman–Crippen LogP) is 3.19. The number of benzene rings is 1. The number of nitrogen functional groups attached to an aromatic ring is 1. The smallest absolute Gasteiger partial charge is 0.234 e. The molecule has 0 saturated heterocycles. The summed E-state index contributed by atoms with van der Waals surface area (Å²) in [6.07, 6.45) is 1.53.